The molecule has 0 aromatic heterocycles. The number of rotatable bonds is 7. The number of alkyl halides is 1. The van der Waals surface area contributed by atoms with Crippen molar-refractivity contribution in [3.63, 3.8) is 0 Å². The molecule has 0 aliphatic rings. The second-order valence-corrected chi connectivity index (χ2v) is 3.53. The fraction of sp³-hybridized carbons (Fsp3) is 0.667. The van der Waals surface area contributed by atoms with Crippen molar-refractivity contribution in [2.75, 3.05) is 4.43 Å². The first-order chi connectivity index (χ1) is 5.41. The predicted octanol–water partition coefficient (Wildman–Crippen LogP) is 3.13. The molecule has 0 bridgehead atoms. The van der Waals surface area contributed by atoms with Crippen LogP contribution in [0.5, 0.6) is 0 Å². The van der Waals surface area contributed by atoms with Crippen LogP contribution in [0.2, 0.25) is 0 Å². The molecule has 0 atom stereocenters. The molecule has 2 heteroatoms. The third-order valence-corrected chi connectivity index (χ3v) is 2.23. The molecule has 11 heavy (non-hydrogen) atoms. The van der Waals surface area contributed by atoms with Crippen molar-refractivity contribution in [1.29, 1.82) is 0 Å². The van der Waals surface area contributed by atoms with E-state index in [1.165, 1.54) is 30.1 Å². The smallest absolute Gasteiger partial charge is 0.142 e. The Kier molecular flexibility index (Phi) is 10.3. The molecule has 0 rings (SSSR count). The second kappa shape index (κ2) is 10.1. The van der Waals surface area contributed by atoms with Crippen molar-refractivity contribution >= 4 is 28.9 Å². The molecule has 0 aromatic carbocycles. The molecule has 1 nitrogen and oxygen atoms in total. The molecule has 0 radical (unpaired) electrons. The van der Waals surface area contributed by atoms with Crippen LogP contribution in [0.3, 0.4) is 0 Å². The lowest BCUT2D eigenvalue weighted by molar-refractivity contribution is -0.104. The molecular formula is C9H15IO. The number of hydrogen-bond donors (Lipinski definition) is 0. The first-order valence-corrected chi connectivity index (χ1v) is 5.60. The second-order valence-electron chi connectivity index (χ2n) is 2.46. The summed E-state index contributed by atoms with van der Waals surface area (Å²) in [4.78, 5) is 9.85. The zero-order valence-electron chi connectivity index (χ0n) is 6.76. The van der Waals surface area contributed by atoms with Gasteiger partial charge in [0, 0.05) is 0 Å². The molecule has 0 aliphatic heterocycles. The Morgan fingerprint density at radius 2 is 1.82 bits per heavy atom. The molecule has 0 amide bonds. The van der Waals surface area contributed by atoms with E-state index in [-0.39, 0.29) is 0 Å². The van der Waals surface area contributed by atoms with Crippen LogP contribution in [-0.2, 0) is 4.79 Å². The highest BCUT2D eigenvalue weighted by Gasteiger charge is 1.85. The average molecular weight is 266 g/mol. The molecule has 0 fully saturated rings. The number of allylic oxidation sites excluding steroid dienone is 2. The topological polar surface area (TPSA) is 17.1 Å². The fourth-order valence-electron chi connectivity index (χ4n) is 0.862. The fourth-order valence-corrected chi connectivity index (χ4v) is 1.40. The predicted molar refractivity (Wildman–Crippen MR) is 57.2 cm³/mol. The van der Waals surface area contributed by atoms with Gasteiger partial charge in [0.2, 0.25) is 0 Å². The number of aldehydes is 1. The minimum absolute atomic E-state index is 0.838. The molecule has 0 saturated carbocycles. The maximum absolute atomic E-state index is 9.85. The Morgan fingerprint density at radius 3 is 2.45 bits per heavy atom. The van der Waals surface area contributed by atoms with Crippen LogP contribution in [-0.4, -0.2) is 10.7 Å². The summed E-state index contributed by atoms with van der Waals surface area (Å²) in [5.74, 6) is 0. The molecule has 0 N–H and O–H groups in total. The highest BCUT2D eigenvalue weighted by Crippen LogP contribution is 2.04. The van der Waals surface area contributed by atoms with Crippen LogP contribution < -0.4 is 0 Å². The van der Waals surface area contributed by atoms with Gasteiger partial charge < -0.3 is 0 Å². The van der Waals surface area contributed by atoms with Crippen LogP contribution in [0.25, 0.3) is 0 Å². The molecule has 0 aliphatic carbocycles. The van der Waals surface area contributed by atoms with Crippen molar-refractivity contribution in [1.82, 2.24) is 0 Å². The van der Waals surface area contributed by atoms with Crippen molar-refractivity contribution in [3.05, 3.63) is 12.2 Å². The quantitative estimate of drug-likeness (QED) is 0.227. The van der Waals surface area contributed by atoms with Crippen molar-refractivity contribution in [2.45, 2.75) is 32.1 Å². The van der Waals surface area contributed by atoms with E-state index in [4.69, 9.17) is 0 Å². The Bertz CT molecular complexity index is 110. The Labute approximate surface area is 82.4 Å². The van der Waals surface area contributed by atoms with Crippen LogP contribution in [0.4, 0.5) is 0 Å². The van der Waals surface area contributed by atoms with E-state index in [1.54, 1.807) is 6.08 Å². The van der Waals surface area contributed by atoms with Crippen LogP contribution in [0.1, 0.15) is 32.1 Å². The summed E-state index contributed by atoms with van der Waals surface area (Å²) >= 11 is 2.40. The molecule has 0 unspecified atom stereocenters. The van der Waals surface area contributed by atoms with E-state index in [9.17, 15) is 4.79 Å². The molecule has 0 spiro atoms. The molecular weight excluding hydrogens is 251 g/mol. The Morgan fingerprint density at radius 1 is 1.09 bits per heavy atom. The Hall–Kier alpha value is 0.140. The van der Waals surface area contributed by atoms with E-state index in [0.29, 0.717) is 0 Å². The largest absolute Gasteiger partial charge is 0.299 e. The summed E-state index contributed by atoms with van der Waals surface area (Å²) in [6, 6.07) is 0. The van der Waals surface area contributed by atoms with E-state index in [0.717, 1.165) is 12.7 Å². The van der Waals surface area contributed by atoms with Gasteiger partial charge in [0.1, 0.15) is 6.29 Å². The zero-order valence-corrected chi connectivity index (χ0v) is 8.92. The standard InChI is InChI=1S/C9H15IO/c10-8-6-4-2-1-3-5-7-9-11/h5,7,9H,1-4,6,8H2/b7-5+. The van der Waals surface area contributed by atoms with Gasteiger partial charge in [-0.2, -0.15) is 0 Å². The van der Waals surface area contributed by atoms with E-state index >= 15 is 0 Å². The maximum atomic E-state index is 9.85. The van der Waals surface area contributed by atoms with Crippen molar-refractivity contribution in [2.24, 2.45) is 0 Å². The van der Waals surface area contributed by atoms with Gasteiger partial charge in [0.05, 0.1) is 0 Å². The third-order valence-electron chi connectivity index (χ3n) is 1.47. The first-order valence-electron chi connectivity index (χ1n) is 4.08. The SMILES string of the molecule is O=C/C=C/CCCCCCI. The third kappa shape index (κ3) is 10.1. The van der Waals surface area contributed by atoms with Crippen molar-refractivity contribution < 1.29 is 4.79 Å². The van der Waals surface area contributed by atoms with E-state index in [1.807, 2.05) is 6.08 Å². The minimum Gasteiger partial charge on any atom is -0.299 e. The maximum Gasteiger partial charge on any atom is 0.142 e. The summed E-state index contributed by atoms with van der Waals surface area (Å²) in [6.07, 6.45) is 10.6. The lowest BCUT2D eigenvalue weighted by Crippen LogP contribution is -1.77. The normalized spacial score (nSPS) is 10.6. The van der Waals surface area contributed by atoms with Gasteiger partial charge in [-0.25, -0.2) is 0 Å². The van der Waals surface area contributed by atoms with Gasteiger partial charge in [-0.15, -0.1) is 0 Å². The average Bonchev–Trinajstić information content (AvgIpc) is 2.03. The first kappa shape index (κ1) is 11.1. The molecule has 64 valence electrons. The molecule has 0 heterocycles. The van der Waals surface area contributed by atoms with Gasteiger partial charge in [-0.1, -0.05) is 41.5 Å². The Balaban J connectivity index is 2.90. The lowest BCUT2D eigenvalue weighted by atomic mass is 10.1. The molecule has 0 saturated heterocycles. The van der Waals surface area contributed by atoms with Gasteiger partial charge in [0.25, 0.3) is 0 Å². The number of carbonyl (C=O) groups is 1. The summed E-state index contributed by atoms with van der Waals surface area (Å²) in [7, 11) is 0. The summed E-state index contributed by atoms with van der Waals surface area (Å²) in [5.41, 5.74) is 0. The van der Waals surface area contributed by atoms with Crippen molar-refractivity contribution in [3.8, 4) is 0 Å². The van der Waals surface area contributed by atoms with Crippen LogP contribution in [0.15, 0.2) is 12.2 Å². The summed E-state index contributed by atoms with van der Waals surface area (Å²) in [5, 5.41) is 0. The summed E-state index contributed by atoms with van der Waals surface area (Å²) < 4.78 is 1.27. The highest BCUT2D eigenvalue weighted by molar-refractivity contribution is 14.1. The van der Waals surface area contributed by atoms with E-state index in [2.05, 4.69) is 22.6 Å². The van der Waals surface area contributed by atoms with Gasteiger partial charge in [0.15, 0.2) is 0 Å². The monoisotopic (exact) mass is 266 g/mol. The molecule has 0 aromatic rings. The van der Waals surface area contributed by atoms with Crippen LogP contribution in [0, 0.1) is 0 Å². The summed E-state index contributed by atoms with van der Waals surface area (Å²) in [6.45, 7) is 0. The van der Waals surface area contributed by atoms with Gasteiger partial charge in [-0.3, -0.25) is 4.79 Å². The zero-order chi connectivity index (χ0) is 8.36. The number of hydrogen-bond acceptors (Lipinski definition) is 1. The van der Waals surface area contributed by atoms with Crippen LogP contribution >= 0.6 is 22.6 Å². The number of unbranched alkanes of at least 4 members (excludes halogenated alkanes) is 4. The van der Waals surface area contributed by atoms with Gasteiger partial charge in [-0.05, 0) is 29.8 Å². The number of halogens is 1. The van der Waals surface area contributed by atoms with E-state index < -0.39 is 0 Å². The lowest BCUT2D eigenvalue weighted by Gasteiger charge is -1.94. The minimum atomic E-state index is 0.838. The number of carbonyl (C=O) groups excluding carboxylic acids is 1. The van der Waals surface area contributed by atoms with Gasteiger partial charge >= 0.3 is 0 Å². The highest BCUT2D eigenvalue weighted by atomic mass is 127.